The molecule has 0 aliphatic rings. The zero-order valence-electron chi connectivity index (χ0n) is 10.2. The zero-order valence-corrected chi connectivity index (χ0v) is 10.2. The molecule has 2 rings (SSSR count). The fourth-order valence-electron chi connectivity index (χ4n) is 1.83. The number of rotatable bonds is 4. The van der Waals surface area contributed by atoms with Crippen molar-refractivity contribution in [2.24, 2.45) is 7.05 Å². The van der Waals surface area contributed by atoms with Gasteiger partial charge in [-0.2, -0.15) is 5.10 Å². The molecule has 0 amide bonds. The van der Waals surface area contributed by atoms with Crippen LogP contribution in [0.15, 0.2) is 30.3 Å². The van der Waals surface area contributed by atoms with Crippen LogP contribution in [0.25, 0.3) is 11.3 Å². The van der Waals surface area contributed by atoms with Crippen molar-refractivity contribution in [1.82, 2.24) is 9.78 Å². The molecule has 1 aromatic heterocycles. The van der Waals surface area contributed by atoms with Crippen molar-refractivity contribution >= 4 is 5.97 Å². The molecule has 0 unspecified atom stereocenters. The van der Waals surface area contributed by atoms with Gasteiger partial charge in [-0.1, -0.05) is 24.3 Å². The molecule has 19 heavy (non-hydrogen) atoms. The van der Waals surface area contributed by atoms with Crippen molar-refractivity contribution in [2.75, 3.05) is 0 Å². The van der Waals surface area contributed by atoms with Crippen LogP contribution in [-0.4, -0.2) is 27.3 Å². The summed E-state index contributed by atoms with van der Waals surface area (Å²) in [6, 6.07) is 8.02. The van der Waals surface area contributed by atoms with Gasteiger partial charge in [0.05, 0.1) is 5.69 Å². The number of aromatic carboxylic acids is 1. The molecule has 2 aromatic rings. The average Bonchev–Trinajstić information content (AvgIpc) is 2.72. The van der Waals surface area contributed by atoms with Crippen LogP contribution in [0.2, 0.25) is 0 Å². The van der Waals surface area contributed by atoms with E-state index in [1.54, 1.807) is 31.3 Å². The molecule has 0 spiro atoms. The van der Waals surface area contributed by atoms with Gasteiger partial charge in [0.15, 0.2) is 5.69 Å². The fraction of sp³-hybridized carbons (Fsp3) is 0.231. The summed E-state index contributed by atoms with van der Waals surface area (Å²) in [4.78, 5) is 10.8. The summed E-state index contributed by atoms with van der Waals surface area (Å²) in [6.07, 6.45) is -2.66. The highest BCUT2D eigenvalue weighted by atomic mass is 19.3. The van der Waals surface area contributed by atoms with Crippen molar-refractivity contribution in [3.63, 3.8) is 0 Å². The Balaban J connectivity index is 2.29. The van der Waals surface area contributed by atoms with Crippen molar-refractivity contribution in [2.45, 2.75) is 12.8 Å². The predicted octanol–water partition coefficient (Wildman–Crippen LogP) is 2.59. The summed E-state index contributed by atoms with van der Waals surface area (Å²) in [5.41, 5.74) is 1.86. The first-order valence-corrected chi connectivity index (χ1v) is 5.62. The van der Waals surface area contributed by atoms with Crippen LogP contribution < -0.4 is 0 Å². The lowest BCUT2D eigenvalue weighted by atomic mass is 10.1. The largest absolute Gasteiger partial charge is 0.476 e. The maximum Gasteiger partial charge on any atom is 0.356 e. The molecule has 100 valence electrons. The minimum Gasteiger partial charge on any atom is -0.476 e. The number of aromatic nitrogens is 2. The standard InChI is InChI=1S/C13H12F2N2O2/c1-17-11(7-10(16-17)13(18)19)9-4-2-8(3-5-9)6-12(14)15/h2-5,7,12H,6H2,1H3,(H,18,19). The highest BCUT2D eigenvalue weighted by molar-refractivity contribution is 5.87. The van der Waals surface area contributed by atoms with E-state index in [2.05, 4.69) is 5.10 Å². The first-order valence-electron chi connectivity index (χ1n) is 5.62. The first kappa shape index (κ1) is 13.2. The molecule has 1 aromatic carbocycles. The Kier molecular flexibility index (Phi) is 3.59. The summed E-state index contributed by atoms with van der Waals surface area (Å²) in [5, 5.41) is 12.7. The van der Waals surface area contributed by atoms with Gasteiger partial charge in [-0.05, 0) is 17.2 Å². The first-order chi connectivity index (χ1) is 8.97. The van der Waals surface area contributed by atoms with E-state index in [-0.39, 0.29) is 12.1 Å². The Hall–Kier alpha value is -2.24. The lowest BCUT2D eigenvalue weighted by molar-refractivity contribution is 0.0689. The smallest absolute Gasteiger partial charge is 0.356 e. The second-order valence-corrected chi connectivity index (χ2v) is 4.14. The number of benzene rings is 1. The van der Waals surface area contributed by atoms with Gasteiger partial charge < -0.3 is 5.11 Å². The normalized spacial score (nSPS) is 10.9. The molecule has 1 heterocycles. The molecule has 1 N–H and O–H groups in total. The molecule has 6 heteroatoms. The summed E-state index contributed by atoms with van der Waals surface area (Å²) >= 11 is 0. The molecular weight excluding hydrogens is 254 g/mol. The van der Waals surface area contributed by atoms with E-state index in [0.717, 1.165) is 5.56 Å². The lowest BCUT2D eigenvalue weighted by Crippen LogP contribution is -1.99. The van der Waals surface area contributed by atoms with Gasteiger partial charge in [0, 0.05) is 13.5 Å². The molecule has 0 aliphatic carbocycles. The van der Waals surface area contributed by atoms with Gasteiger partial charge >= 0.3 is 5.97 Å². The molecule has 0 aliphatic heterocycles. The minimum absolute atomic E-state index is 0.0471. The number of nitrogens with zero attached hydrogens (tertiary/aromatic N) is 2. The van der Waals surface area contributed by atoms with E-state index in [0.29, 0.717) is 11.3 Å². The Morgan fingerprint density at radius 2 is 2.00 bits per heavy atom. The number of carbonyl (C=O) groups is 1. The molecule has 0 fully saturated rings. The third-order valence-corrected chi connectivity index (χ3v) is 2.74. The van der Waals surface area contributed by atoms with Crippen molar-refractivity contribution in [3.05, 3.63) is 41.6 Å². The summed E-state index contributed by atoms with van der Waals surface area (Å²) in [5.74, 6) is -1.10. The molecule has 0 radical (unpaired) electrons. The highest BCUT2D eigenvalue weighted by Gasteiger charge is 2.12. The number of halogens is 2. The second kappa shape index (κ2) is 5.17. The Morgan fingerprint density at radius 3 is 2.47 bits per heavy atom. The van der Waals surface area contributed by atoms with E-state index >= 15 is 0 Å². The van der Waals surface area contributed by atoms with Crippen LogP contribution in [0.3, 0.4) is 0 Å². The van der Waals surface area contributed by atoms with Crippen LogP contribution in [-0.2, 0) is 13.5 Å². The van der Waals surface area contributed by atoms with Crippen molar-refractivity contribution < 1.29 is 18.7 Å². The molecule has 0 saturated heterocycles. The van der Waals surface area contributed by atoms with Gasteiger partial charge in [-0.15, -0.1) is 0 Å². The third-order valence-electron chi connectivity index (χ3n) is 2.74. The third kappa shape index (κ3) is 2.96. The Labute approximate surface area is 108 Å². The highest BCUT2D eigenvalue weighted by Crippen LogP contribution is 2.21. The number of carboxylic acid groups (broad SMARTS) is 1. The van der Waals surface area contributed by atoms with E-state index in [4.69, 9.17) is 5.11 Å². The second-order valence-electron chi connectivity index (χ2n) is 4.14. The SMILES string of the molecule is Cn1nc(C(=O)O)cc1-c1ccc(CC(F)F)cc1. The van der Waals surface area contributed by atoms with Gasteiger partial charge in [0.2, 0.25) is 6.43 Å². The van der Waals surface area contributed by atoms with Gasteiger partial charge in [-0.25, -0.2) is 13.6 Å². The number of hydrogen-bond acceptors (Lipinski definition) is 2. The van der Waals surface area contributed by atoms with Crippen LogP contribution in [0, 0.1) is 0 Å². The van der Waals surface area contributed by atoms with Crippen molar-refractivity contribution in [1.29, 1.82) is 0 Å². The van der Waals surface area contributed by atoms with E-state index in [1.807, 2.05) is 0 Å². The monoisotopic (exact) mass is 266 g/mol. The summed E-state index contributed by atoms with van der Waals surface area (Å²) in [6.45, 7) is 0. The zero-order chi connectivity index (χ0) is 14.0. The van der Waals surface area contributed by atoms with Crippen LogP contribution >= 0.6 is 0 Å². The average molecular weight is 266 g/mol. The van der Waals surface area contributed by atoms with Crippen LogP contribution in [0.1, 0.15) is 16.1 Å². The predicted molar refractivity (Wildman–Crippen MR) is 65.3 cm³/mol. The Morgan fingerprint density at radius 1 is 1.37 bits per heavy atom. The van der Waals surface area contributed by atoms with Gasteiger partial charge in [0.1, 0.15) is 0 Å². The number of aryl methyl sites for hydroxylation is 1. The lowest BCUT2D eigenvalue weighted by Gasteiger charge is -2.04. The summed E-state index contributed by atoms with van der Waals surface area (Å²) < 4.78 is 25.9. The Bertz CT molecular complexity index is 591. The molecule has 0 bridgehead atoms. The maximum absolute atomic E-state index is 12.2. The van der Waals surface area contributed by atoms with Crippen LogP contribution in [0.5, 0.6) is 0 Å². The molecule has 0 atom stereocenters. The molecule has 4 nitrogen and oxygen atoms in total. The minimum atomic E-state index is -2.37. The van der Waals surface area contributed by atoms with Crippen molar-refractivity contribution in [3.8, 4) is 11.3 Å². The van der Waals surface area contributed by atoms with Gasteiger partial charge in [0.25, 0.3) is 0 Å². The fourth-order valence-corrected chi connectivity index (χ4v) is 1.83. The maximum atomic E-state index is 12.2. The number of carboxylic acids is 1. The van der Waals surface area contributed by atoms with E-state index in [9.17, 15) is 13.6 Å². The number of hydrogen-bond donors (Lipinski definition) is 1. The summed E-state index contributed by atoms with van der Waals surface area (Å²) in [7, 11) is 1.63. The van der Waals surface area contributed by atoms with E-state index in [1.165, 1.54) is 10.7 Å². The quantitative estimate of drug-likeness (QED) is 0.925. The molecular formula is C13H12F2N2O2. The van der Waals surface area contributed by atoms with Gasteiger partial charge in [-0.3, -0.25) is 4.68 Å². The number of alkyl halides is 2. The van der Waals surface area contributed by atoms with Crippen LogP contribution in [0.4, 0.5) is 8.78 Å². The molecule has 0 saturated carbocycles. The topological polar surface area (TPSA) is 55.1 Å². The van der Waals surface area contributed by atoms with E-state index < -0.39 is 12.4 Å².